The maximum absolute atomic E-state index is 11.9. The predicted octanol–water partition coefficient (Wildman–Crippen LogP) is 2.56. The van der Waals surface area contributed by atoms with Crippen molar-refractivity contribution in [3.63, 3.8) is 0 Å². The van der Waals surface area contributed by atoms with E-state index in [1.165, 1.54) is 43.3 Å². The average molecular weight is 299 g/mol. The fourth-order valence-corrected chi connectivity index (χ4v) is 1.72. The first kappa shape index (κ1) is 15.2. The number of ether oxygens (including phenoxy) is 1. The molecule has 0 saturated carbocycles. The highest BCUT2D eigenvalue weighted by Crippen LogP contribution is 2.16. The van der Waals surface area contributed by atoms with E-state index in [0.717, 1.165) is 0 Å². The van der Waals surface area contributed by atoms with Crippen LogP contribution >= 0.6 is 0 Å². The number of rotatable bonds is 4. The van der Waals surface area contributed by atoms with E-state index < -0.39 is 11.9 Å². The van der Waals surface area contributed by atoms with Gasteiger partial charge in [0.05, 0.1) is 11.1 Å². The zero-order valence-corrected chi connectivity index (χ0v) is 11.7. The molecule has 2 rings (SSSR count). The molecule has 0 aromatic heterocycles. The number of carbonyl (C=O) groups is 3. The molecule has 2 aromatic carbocycles. The van der Waals surface area contributed by atoms with Crippen molar-refractivity contribution in [1.82, 2.24) is 0 Å². The van der Waals surface area contributed by atoms with Gasteiger partial charge in [-0.25, -0.2) is 9.59 Å². The summed E-state index contributed by atoms with van der Waals surface area (Å²) in [6.07, 6.45) is 0. The molecule has 112 valence electrons. The first-order valence-electron chi connectivity index (χ1n) is 6.39. The van der Waals surface area contributed by atoms with E-state index in [0.29, 0.717) is 11.3 Å². The molecule has 0 unspecified atom stereocenters. The Hall–Kier alpha value is -3.15. The van der Waals surface area contributed by atoms with Crippen LogP contribution in [0, 0.1) is 0 Å². The van der Waals surface area contributed by atoms with Crippen molar-refractivity contribution in [3.8, 4) is 5.75 Å². The van der Waals surface area contributed by atoms with Crippen LogP contribution in [0.2, 0.25) is 0 Å². The van der Waals surface area contributed by atoms with Gasteiger partial charge in [-0.3, -0.25) is 4.79 Å². The molecule has 0 aliphatic carbocycles. The minimum Gasteiger partial charge on any atom is -0.478 e. The number of nitrogens with one attached hydrogen (secondary N) is 1. The molecule has 6 nitrogen and oxygen atoms in total. The summed E-state index contributed by atoms with van der Waals surface area (Å²) < 4.78 is 5.14. The van der Waals surface area contributed by atoms with Crippen molar-refractivity contribution in [3.05, 3.63) is 59.7 Å². The van der Waals surface area contributed by atoms with Crippen LogP contribution in [0.4, 0.5) is 5.69 Å². The summed E-state index contributed by atoms with van der Waals surface area (Å²) in [5.74, 6) is -1.57. The van der Waals surface area contributed by atoms with Gasteiger partial charge in [-0.15, -0.1) is 0 Å². The number of aromatic carboxylic acids is 1. The standard InChI is InChI=1S/C16H13NO5/c1-10(18)17-13-6-2-12(3-7-13)16(21)22-14-8-4-11(5-9-14)15(19)20/h2-9H,1H3,(H,17,18)(H,19,20). The van der Waals surface area contributed by atoms with Crippen LogP contribution in [0.3, 0.4) is 0 Å². The van der Waals surface area contributed by atoms with Crippen LogP contribution in [0.15, 0.2) is 48.5 Å². The maximum atomic E-state index is 11.9. The van der Waals surface area contributed by atoms with E-state index in [2.05, 4.69) is 5.32 Å². The average Bonchev–Trinajstić information content (AvgIpc) is 2.48. The van der Waals surface area contributed by atoms with E-state index in [1.54, 1.807) is 12.1 Å². The Morgan fingerprint density at radius 1 is 0.909 bits per heavy atom. The Labute approximate surface area is 126 Å². The SMILES string of the molecule is CC(=O)Nc1ccc(C(=O)Oc2ccc(C(=O)O)cc2)cc1. The number of esters is 1. The van der Waals surface area contributed by atoms with Gasteiger partial charge in [0.25, 0.3) is 0 Å². The van der Waals surface area contributed by atoms with E-state index in [4.69, 9.17) is 9.84 Å². The number of carboxylic acid groups (broad SMARTS) is 1. The number of benzene rings is 2. The van der Waals surface area contributed by atoms with Crippen LogP contribution in [-0.4, -0.2) is 23.0 Å². The van der Waals surface area contributed by atoms with Crippen LogP contribution in [0.1, 0.15) is 27.6 Å². The summed E-state index contributed by atoms with van der Waals surface area (Å²) in [6.45, 7) is 1.39. The summed E-state index contributed by atoms with van der Waals surface area (Å²) in [5, 5.41) is 11.4. The first-order valence-corrected chi connectivity index (χ1v) is 6.39. The van der Waals surface area contributed by atoms with Crippen molar-refractivity contribution in [2.45, 2.75) is 6.92 Å². The van der Waals surface area contributed by atoms with Crippen molar-refractivity contribution in [1.29, 1.82) is 0 Å². The molecule has 0 fully saturated rings. The van der Waals surface area contributed by atoms with E-state index in [9.17, 15) is 14.4 Å². The number of carbonyl (C=O) groups excluding carboxylic acids is 2. The summed E-state index contributed by atoms with van der Waals surface area (Å²) in [4.78, 5) is 33.6. The second-order valence-corrected chi connectivity index (χ2v) is 4.48. The number of amides is 1. The van der Waals surface area contributed by atoms with E-state index >= 15 is 0 Å². The van der Waals surface area contributed by atoms with Gasteiger partial charge in [-0.1, -0.05) is 0 Å². The molecule has 0 bridgehead atoms. The zero-order valence-electron chi connectivity index (χ0n) is 11.7. The molecule has 22 heavy (non-hydrogen) atoms. The third kappa shape index (κ3) is 3.92. The molecule has 6 heteroatoms. The molecule has 0 radical (unpaired) electrons. The molecule has 0 aliphatic rings. The summed E-state index contributed by atoms with van der Waals surface area (Å²) in [7, 11) is 0. The molecule has 2 N–H and O–H groups in total. The minimum atomic E-state index is -1.05. The number of anilines is 1. The van der Waals surface area contributed by atoms with E-state index in [-0.39, 0.29) is 17.2 Å². The highest BCUT2D eigenvalue weighted by Gasteiger charge is 2.09. The van der Waals surface area contributed by atoms with Crippen LogP contribution in [0.25, 0.3) is 0 Å². The lowest BCUT2D eigenvalue weighted by Crippen LogP contribution is -2.10. The fraction of sp³-hybridized carbons (Fsp3) is 0.0625. The Morgan fingerprint density at radius 3 is 1.95 bits per heavy atom. The van der Waals surface area contributed by atoms with Gasteiger partial charge in [0, 0.05) is 12.6 Å². The van der Waals surface area contributed by atoms with Gasteiger partial charge in [-0.2, -0.15) is 0 Å². The Morgan fingerprint density at radius 2 is 1.45 bits per heavy atom. The number of hydrogen-bond acceptors (Lipinski definition) is 4. The molecule has 0 spiro atoms. The molecular formula is C16H13NO5. The summed E-state index contributed by atoms with van der Waals surface area (Å²) in [5.41, 5.74) is 1.01. The van der Waals surface area contributed by atoms with E-state index in [1.807, 2.05) is 0 Å². The highest BCUT2D eigenvalue weighted by atomic mass is 16.5. The summed E-state index contributed by atoms with van der Waals surface area (Å²) in [6, 6.07) is 11.8. The third-order valence-corrected chi connectivity index (χ3v) is 2.75. The van der Waals surface area contributed by atoms with Crippen LogP contribution in [0.5, 0.6) is 5.75 Å². The Balaban J connectivity index is 2.05. The van der Waals surface area contributed by atoms with Crippen molar-refractivity contribution in [2.24, 2.45) is 0 Å². The lowest BCUT2D eigenvalue weighted by molar-refractivity contribution is -0.114. The molecular weight excluding hydrogens is 286 g/mol. The van der Waals surface area contributed by atoms with Gasteiger partial charge >= 0.3 is 11.9 Å². The minimum absolute atomic E-state index is 0.111. The van der Waals surface area contributed by atoms with Gasteiger partial charge < -0.3 is 15.2 Å². The molecule has 1 amide bonds. The van der Waals surface area contributed by atoms with Crippen molar-refractivity contribution >= 4 is 23.5 Å². The quantitative estimate of drug-likeness (QED) is 0.668. The van der Waals surface area contributed by atoms with Gasteiger partial charge in [0.15, 0.2) is 0 Å². The largest absolute Gasteiger partial charge is 0.478 e. The Kier molecular flexibility index (Phi) is 4.53. The molecule has 0 saturated heterocycles. The first-order chi connectivity index (χ1) is 10.5. The van der Waals surface area contributed by atoms with Crippen LogP contribution in [-0.2, 0) is 4.79 Å². The monoisotopic (exact) mass is 299 g/mol. The predicted molar refractivity (Wildman–Crippen MR) is 79.1 cm³/mol. The Bertz CT molecular complexity index is 704. The fourth-order valence-electron chi connectivity index (χ4n) is 1.72. The zero-order chi connectivity index (χ0) is 16.1. The number of hydrogen-bond donors (Lipinski definition) is 2. The molecule has 0 atom stereocenters. The maximum Gasteiger partial charge on any atom is 0.343 e. The molecule has 0 heterocycles. The summed E-state index contributed by atoms with van der Waals surface area (Å²) >= 11 is 0. The van der Waals surface area contributed by atoms with Crippen molar-refractivity contribution in [2.75, 3.05) is 5.32 Å². The molecule has 0 aliphatic heterocycles. The third-order valence-electron chi connectivity index (χ3n) is 2.75. The second-order valence-electron chi connectivity index (χ2n) is 4.48. The van der Waals surface area contributed by atoms with Crippen LogP contribution < -0.4 is 10.1 Å². The lowest BCUT2D eigenvalue weighted by atomic mass is 10.2. The van der Waals surface area contributed by atoms with Crippen molar-refractivity contribution < 1.29 is 24.2 Å². The van der Waals surface area contributed by atoms with Gasteiger partial charge in [0.1, 0.15) is 5.75 Å². The highest BCUT2D eigenvalue weighted by molar-refractivity contribution is 5.93. The smallest absolute Gasteiger partial charge is 0.343 e. The topological polar surface area (TPSA) is 92.7 Å². The van der Waals surface area contributed by atoms with Gasteiger partial charge in [0.2, 0.25) is 5.91 Å². The normalized spacial score (nSPS) is 9.86. The molecule has 2 aromatic rings. The lowest BCUT2D eigenvalue weighted by Gasteiger charge is -2.06. The number of carboxylic acids is 1. The van der Waals surface area contributed by atoms with Gasteiger partial charge in [-0.05, 0) is 48.5 Å². The second kappa shape index (κ2) is 6.53.